The van der Waals surface area contributed by atoms with Crippen LogP contribution in [0.1, 0.15) is 85.4 Å². The summed E-state index contributed by atoms with van der Waals surface area (Å²) in [5.41, 5.74) is 20.5. The molecule has 9 aromatic carbocycles. The first kappa shape index (κ1) is 45.8. The van der Waals surface area contributed by atoms with Gasteiger partial charge in [0, 0.05) is 38.9 Å². The predicted molar refractivity (Wildman–Crippen MR) is 302 cm³/mol. The lowest BCUT2D eigenvalue weighted by atomic mass is 9.77. The van der Waals surface area contributed by atoms with E-state index in [-0.39, 0.29) is 16.4 Å². The summed E-state index contributed by atoms with van der Waals surface area (Å²) in [6, 6.07) is 76.5. The molecular weight excluding hydrogens is 861 g/mol. The van der Waals surface area contributed by atoms with Crippen LogP contribution < -0.4 is 9.64 Å². The van der Waals surface area contributed by atoms with Crippen molar-refractivity contribution >= 4 is 38.9 Å². The molecule has 3 nitrogen and oxygen atoms in total. The smallest absolute Gasteiger partial charge is 0.120 e. The highest BCUT2D eigenvalue weighted by atomic mass is 16.5. The van der Waals surface area contributed by atoms with Crippen LogP contribution in [0.2, 0.25) is 0 Å². The second-order valence-corrected chi connectivity index (χ2v) is 22.3. The van der Waals surface area contributed by atoms with Crippen LogP contribution in [-0.2, 0) is 10.8 Å². The van der Waals surface area contributed by atoms with Gasteiger partial charge in [0.05, 0.1) is 11.0 Å². The Morgan fingerprint density at radius 2 is 0.944 bits per heavy atom. The minimum absolute atomic E-state index is 0.115. The van der Waals surface area contributed by atoms with Crippen molar-refractivity contribution in [3.63, 3.8) is 0 Å². The summed E-state index contributed by atoms with van der Waals surface area (Å²) in [6.45, 7) is 20.3. The number of aromatic nitrogens is 1. The average Bonchev–Trinajstić information content (AvgIpc) is 3.81. The summed E-state index contributed by atoms with van der Waals surface area (Å²) in [5.74, 6) is 1.50. The summed E-state index contributed by atoms with van der Waals surface area (Å²) in [7, 11) is 0. The number of benzene rings is 9. The lowest BCUT2D eigenvalue weighted by Crippen LogP contribution is -2.22. The van der Waals surface area contributed by atoms with Gasteiger partial charge in [-0.2, -0.15) is 0 Å². The summed E-state index contributed by atoms with van der Waals surface area (Å²) in [4.78, 5) is 2.41. The summed E-state index contributed by atoms with van der Waals surface area (Å²) in [5, 5.41) is 2.44. The molecule has 0 fully saturated rings. The van der Waals surface area contributed by atoms with E-state index >= 15 is 0 Å². The third-order valence-corrected chi connectivity index (χ3v) is 14.7. The van der Waals surface area contributed by atoms with Crippen molar-refractivity contribution in [1.29, 1.82) is 0 Å². The van der Waals surface area contributed by atoms with Crippen LogP contribution >= 0.6 is 0 Å². The molecule has 0 aliphatic heterocycles. The molecule has 1 aliphatic rings. The van der Waals surface area contributed by atoms with E-state index < -0.39 is 0 Å². The van der Waals surface area contributed by atoms with Crippen LogP contribution in [-0.4, -0.2) is 10.2 Å². The summed E-state index contributed by atoms with van der Waals surface area (Å²) < 4.78 is 8.65. The van der Waals surface area contributed by atoms with E-state index in [2.05, 4.69) is 278 Å². The number of nitrogens with zero attached hydrogens (tertiary/aromatic N) is 2. The van der Waals surface area contributed by atoms with Crippen LogP contribution in [0, 0.1) is 5.92 Å². The van der Waals surface area contributed by atoms with Crippen molar-refractivity contribution < 1.29 is 4.74 Å². The van der Waals surface area contributed by atoms with Crippen molar-refractivity contribution in [2.75, 3.05) is 4.90 Å². The molecule has 0 N–H and O–H groups in total. The predicted octanol–water partition coefficient (Wildman–Crippen LogP) is 19.1. The Morgan fingerprint density at radius 1 is 0.465 bits per heavy atom. The first-order chi connectivity index (χ1) is 34.1. The number of anilines is 3. The molecule has 10 aromatic rings. The third kappa shape index (κ3) is 8.63. The average molecular weight is 925 g/mol. The van der Waals surface area contributed by atoms with Crippen LogP contribution in [0.3, 0.4) is 0 Å². The van der Waals surface area contributed by atoms with Gasteiger partial charge in [0.2, 0.25) is 0 Å². The van der Waals surface area contributed by atoms with Gasteiger partial charge in [0.15, 0.2) is 0 Å². The molecule has 0 saturated carbocycles. The number of rotatable bonds is 11. The minimum atomic E-state index is -0.278. The molecule has 3 heteroatoms. The number of fused-ring (bicyclic) bond motifs is 6. The molecule has 11 rings (SSSR count). The van der Waals surface area contributed by atoms with Crippen molar-refractivity contribution in [3.05, 3.63) is 223 Å². The van der Waals surface area contributed by atoms with E-state index in [0.717, 1.165) is 34.9 Å². The fourth-order valence-corrected chi connectivity index (χ4v) is 11.4. The molecule has 0 saturated heterocycles. The molecule has 0 spiro atoms. The van der Waals surface area contributed by atoms with E-state index in [4.69, 9.17) is 4.74 Å². The Morgan fingerprint density at radius 3 is 1.51 bits per heavy atom. The zero-order chi connectivity index (χ0) is 49.2. The summed E-state index contributed by atoms with van der Waals surface area (Å²) >= 11 is 0. The standard InChI is InChI=1S/C68H64N2O/c1-45(2)44-67(6,7)52-27-19-48(20-28-52)50-25-39-64-60(41-50)61-42-51(26-40-65(61)70(64)55-33-36-57(37-34-55)71-66(3,4)5)49-23-31-54(32-24-49)69(53-29-21-47(22-30-53)46-15-11-10-12-16-46)56-35-38-59-58-17-13-14-18-62(58)68(8,9)63(59)43-56/h10-43,45H,44H2,1-9H3. The fourth-order valence-electron chi connectivity index (χ4n) is 11.4. The highest BCUT2D eigenvalue weighted by Gasteiger charge is 2.36. The van der Waals surface area contributed by atoms with Crippen LogP contribution in [0.25, 0.3) is 72.0 Å². The molecule has 1 heterocycles. The second-order valence-electron chi connectivity index (χ2n) is 22.3. The van der Waals surface area contributed by atoms with Crippen molar-refractivity contribution in [2.45, 2.75) is 85.2 Å². The Balaban J connectivity index is 0.998. The van der Waals surface area contributed by atoms with E-state index in [1.165, 1.54) is 83.0 Å². The maximum absolute atomic E-state index is 6.25. The molecule has 352 valence electrons. The largest absolute Gasteiger partial charge is 0.488 e. The SMILES string of the molecule is CC(C)CC(C)(C)c1ccc(-c2ccc3c(c2)c2cc(-c4ccc(N(c5ccc(-c6ccccc6)cc5)c5ccc6c(c5)C(C)(C)c5ccccc5-6)cc4)ccc2n3-c2ccc(OC(C)(C)C)cc2)cc1. The van der Waals surface area contributed by atoms with Gasteiger partial charge >= 0.3 is 0 Å². The van der Waals surface area contributed by atoms with E-state index in [1.54, 1.807) is 0 Å². The second kappa shape index (κ2) is 17.7. The lowest BCUT2D eigenvalue weighted by Gasteiger charge is -2.28. The topological polar surface area (TPSA) is 17.4 Å². The van der Waals surface area contributed by atoms with Gasteiger partial charge in [0.1, 0.15) is 11.4 Å². The fraction of sp³-hybridized carbons (Fsp3) is 0.206. The Bertz CT molecular complexity index is 3550. The maximum atomic E-state index is 6.25. The first-order valence-electron chi connectivity index (χ1n) is 25.4. The van der Waals surface area contributed by atoms with Gasteiger partial charge in [-0.1, -0.05) is 163 Å². The monoisotopic (exact) mass is 925 g/mol. The summed E-state index contributed by atoms with van der Waals surface area (Å²) in [6.07, 6.45) is 1.15. The van der Waals surface area contributed by atoms with E-state index in [0.29, 0.717) is 5.92 Å². The van der Waals surface area contributed by atoms with Crippen LogP contribution in [0.4, 0.5) is 17.1 Å². The first-order valence-corrected chi connectivity index (χ1v) is 25.4. The normalized spacial score (nSPS) is 13.2. The van der Waals surface area contributed by atoms with Gasteiger partial charge in [0.25, 0.3) is 0 Å². The molecule has 0 radical (unpaired) electrons. The molecule has 71 heavy (non-hydrogen) atoms. The maximum Gasteiger partial charge on any atom is 0.120 e. The van der Waals surface area contributed by atoms with Gasteiger partial charge < -0.3 is 14.2 Å². The molecular formula is C68H64N2O. The molecule has 1 aromatic heterocycles. The van der Waals surface area contributed by atoms with Gasteiger partial charge in [-0.3, -0.25) is 0 Å². The number of hydrogen-bond acceptors (Lipinski definition) is 2. The molecule has 1 aliphatic carbocycles. The van der Waals surface area contributed by atoms with Crippen LogP contribution in [0.5, 0.6) is 5.75 Å². The van der Waals surface area contributed by atoms with Gasteiger partial charge in [-0.25, -0.2) is 0 Å². The number of ether oxygens (including phenoxy) is 1. The lowest BCUT2D eigenvalue weighted by molar-refractivity contribution is 0.131. The molecule has 0 unspecified atom stereocenters. The Hall–Kier alpha value is -7.62. The molecule has 0 atom stereocenters. The highest BCUT2D eigenvalue weighted by Crippen LogP contribution is 2.51. The van der Waals surface area contributed by atoms with Crippen LogP contribution in [0.15, 0.2) is 206 Å². The zero-order valence-electron chi connectivity index (χ0n) is 42.7. The molecule has 0 bridgehead atoms. The van der Waals surface area contributed by atoms with E-state index in [9.17, 15) is 0 Å². The third-order valence-electron chi connectivity index (χ3n) is 14.7. The van der Waals surface area contributed by atoms with Crippen molar-refractivity contribution in [1.82, 2.24) is 4.57 Å². The van der Waals surface area contributed by atoms with Crippen molar-refractivity contribution in [3.8, 4) is 55.9 Å². The van der Waals surface area contributed by atoms with Gasteiger partial charge in [-0.15, -0.1) is 0 Å². The van der Waals surface area contributed by atoms with E-state index in [1.807, 2.05) is 0 Å². The zero-order valence-corrected chi connectivity index (χ0v) is 42.7. The minimum Gasteiger partial charge on any atom is -0.488 e. The quantitative estimate of drug-likeness (QED) is 0.129. The number of hydrogen-bond donors (Lipinski definition) is 0. The van der Waals surface area contributed by atoms with Gasteiger partial charge in [-0.05, 0) is 185 Å². The molecule has 0 amide bonds. The highest BCUT2D eigenvalue weighted by molar-refractivity contribution is 6.11. The Labute approximate surface area is 421 Å². The Kier molecular flexibility index (Phi) is 11.4. The van der Waals surface area contributed by atoms with Crippen molar-refractivity contribution in [2.24, 2.45) is 5.92 Å².